The number of nitrogens with zero attached hydrogens (tertiary/aromatic N) is 4. The number of halogens is 1. The summed E-state index contributed by atoms with van der Waals surface area (Å²) in [6, 6.07) is 17.4. The van der Waals surface area contributed by atoms with Crippen LogP contribution in [0.1, 0.15) is 42.1 Å². The van der Waals surface area contributed by atoms with Crippen LogP contribution in [-0.4, -0.2) is 39.3 Å². The van der Waals surface area contributed by atoms with Gasteiger partial charge in [0.05, 0.1) is 0 Å². The quantitative estimate of drug-likeness (QED) is 0.555. The molecule has 0 saturated carbocycles. The Labute approximate surface area is 181 Å². The molecule has 2 aliphatic rings. The zero-order valence-electron chi connectivity index (χ0n) is 16.7. The number of hydrogen-bond donors (Lipinski definition) is 0. The van der Waals surface area contributed by atoms with Crippen LogP contribution in [0.5, 0.6) is 0 Å². The van der Waals surface area contributed by atoms with Crippen LogP contribution in [0.15, 0.2) is 53.0 Å². The molecule has 0 N–H and O–H groups in total. The lowest BCUT2D eigenvalue weighted by Gasteiger charge is -2.31. The van der Waals surface area contributed by atoms with Crippen LogP contribution in [0.3, 0.4) is 0 Å². The SMILES string of the molecule is Brc1ccc2c(c1)-c1nnc(C3CCN(CCc4ccccc4)CC3)n1CCC2. The second kappa shape index (κ2) is 8.41. The van der Waals surface area contributed by atoms with Crippen LogP contribution in [0, 0.1) is 0 Å². The monoisotopic (exact) mass is 450 g/mol. The summed E-state index contributed by atoms with van der Waals surface area (Å²) in [5.41, 5.74) is 4.07. The maximum atomic E-state index is 4.69. The molecule has 0 bridgehead atoms. The van der Waals surface area contributed by atoms with E-state index in [0.717, 1.165) is 55.7 Å². The first-order valence-corrected chi connectivity index (χ1v) is 11.6. The Morgan fingerprint density at radius 1 is 0.966 bits per heavy atom. The molecule has 1 aromatic heterocycles. The molecule has 1 saturated heterocycles. The third-order valence-corrected chi connectivity index (χ3v) is 6.93. The average molecular weight is 451 g/mol. The smallest absolute Gasteiger partial charge is 0.164 e. The topological polar surface area (TPSA) is 34.0 Å². The van der Waals surface area contributed by atoms with Crippen LogP contribution in [0.4, 0.5) is 0 Å². The van der Waals surface area contributed by atoms with E-state index in [1.54, 1.807) is 0 Å². The number of likely N-dealkylation sites (tertiary alicyclic amines) is 1. The molecule has 3 heterocycles. The van der Waals surface area contributed by atoms with Gasteiger partial charge in [-0.05, 0) is 68.5 Å². The standard InChI is InChI=1S/C24H27BrN4/c25-21-9-8-19-7-4-13-29-23(26-27-24(29)22(19)17-21)20-11-15-28(16-12-20)14-10-18-5-2-1-3-6-18/h1-3,5-6,8-9,17,20H,4,7,10-16H2. The van der Waals surface area contributed by atoms with E-state index in [-0.39, 0.29) is 0 Å². The first-order valence-electron chi connectivity index (χ1n) is 10.8. The molecule has 0 atom stereocenters. The van der Waals surface area contributed by atoms with Crippen molar-refractivity contribution in [2.24, 2.45) is 0 Å². The van der Waals surface area contributed by atoms with Crippen LogP contribution >= 0.6 is 15.9 Å². The van der Waals surface area contributed by atoms with Crippen molar-refractivity contribution < 1.29 is 0 Å². The minimum Gasteiger partial charge on any atom is -0.311 e. The molecule has 3 aromatic rings. The first-order chi connectivity index (χ1) is 14.3. The zero-order chi connectivity index (χ0) is 19.6. The molecule has 0 amide bonds. The lowest BCUT2D eigenvalue weighted by atomic mass is 9.95. The Hall–Kier alpha value is -1.98. The summed E-state index contributed by atoms with van der Waals surface area (Å²) in [5.74, 6) is 2.79. The maximum absolute atomic E-state index is 4.69. The van der Waals surface area contributed by atoms with Crippen molar-refractivity contribution in [1.82, 2.24) is 19.7 Å². The van der Waals surface area contributed by atoms with Crippen molar-refractivity contribution in [1.29, 1.82) is 0 Å². The summed E-state index contributed by atoms with van der Waals surface area (Å²) < 4.78 is 3.52. The van der Waals surface area contributed by atoms with Crippen LogP contribution in [0.2, 0.25) is 0 Å². The van der Waals surface area contributed by atoms with Crippen LogP contribution < -0.4 is 0 Å². The van der Waals surface area contributed by atoms with E-state index in [0.29, 0.717) is 5.92 Å². The molecule has 0 spiro atoms. The van der Waals surface area contributed by atoms with Crippen molar-refractivity contribution in [2.75, 3.05) is 19.6 Å². The summed E-state index contributed by atoms with van der Waals surface area (Å²) in [7, 11) is 0. The van der Waals surface area contributed by atoms with E-state index >= 15 is 0 Å². The second-order valence-corrected chi connectivity index (χ2v) is 9.21. The van der Waals surface area contributed by atoms with E-state index in [1.165, 1.54) is 35.4 Å². The molecule has 0 unspecified atom stereocenters. The predicted molar refractivity (Wildman–Crippen MR) is 120 cm³/mol. The van der Waals surface area contributed by atoms with Crippen LogP contribution in [-0.2, 0) is 19.4 Å². The predicted octanol–water partition coefficient (Wildman–Crippen LogP) is 5.08. The van der Waals surface area contributed by atoms with Gasteiger partial charge in [0.1, 0.15) is 5.82 Å². The van der Waals surface area contributed by atoms with Gasteiger partial charge in [0.15, 0.2) is 5.82 Å². The number of fused-ring (bicyclic) bond motifs is 3. The zero-order valence-corrected chi connectivity index (χ0v) is 18.3. The van der Waals surface area contributed by atoms with Crippen molar-refractivity contribution in [2.45, 2.75) is 44.6 Å². The van der Waals surface area contributed by atoms with E-state index < -0.39 is 0 Å². The van der Waals surface area contributed by atoms with Gasteiger partial charge < -0.3 is 9.47 Å². The Balaban J connectivity index is 1.28. The minimum absolute atomic E-state index is 0.526. The number of hydrogen-bond acceptors (Lipinski definition) is 3. The third-order valence-electron chi connectivity index (χ3n) is 6.43. The van der Waals surface area contributed by atoms with E-state index in [9.17, 15) is 0 Å². The van der Waals surface area contributed by atoms with Gasteiger partial charge in [-0.2, -0.15) is 0 Å². The lowest BCUT2D eigenvalue weighted by molar-refractivity contribution is 0.209. The molecule has 2 aromatic carbocycles. The Morgan fingerprint density at radius 3 is 2.62 bits per heavy atom. The Bertz CT molecular complexity index is 974. The summed E-state index contributed by atoms with van der Waals surface area (Å²) in [5, 5.41) is 9.34. The van der Waals surface area contributed by atoms with E-state index in [4.69, 9.17) is 0 Å². The molecular formula is C24H27BrN4. The van der Waals surface area contributed by atoms with Gasteiger partial charge in [-0.25, -0.2) is 0 Å². The third kappa shape index (κ3) is 4.03. The summed E-state index contributed by atoms with van der Waals surface area (Å²) >= 11 is 3.63. The Kier molecular flexibility index (Phi) is 5.51. The van der Waals surface area contributed by atoms with Gasteiger partial charge in [-0.3, -0.25) is 0 Å². The highest BCUT2D eigenvalue weighted by molar-refractivity contribution is 9.10. The maximum Gasteiger partial charge on any atom is 0.164 e. The largest absolute Gasteiger partial charge is 0.311 e. The molecule has 0 radical (unpaired) electrons. The highest BCUT2D eigenvalue weighted by atomic mass is 79.9. The van der Waals surface area contributed by atoms with Gasteiger partial charge in [0.25, 0.3) is 0 Å². The molecule has 4 nitrogen and oxygen atoms in total. The fraction of sp³-hybridized carbons (Fsp3) is 0.417. The van der Waals surface area contributed by atoms with E-state index in [1.807, 2.05) is 0 Å². The van der Waals surface area contributed by atoms with Crippen molar-refractivity contribution in [3.8, 4) is 11.4 Å². The average Bonchev–Trinajstić information content (AvgIpc) is 3.10. The fourth-order valence-corrected chi connectivity index (χ4v) is 5.15. The molecule has 2 aliphatic heterocycles. The van der Waals surface area contributed by atoms with Gasteiger partial charge in [-0.1, -0.05) is 52.3 Å². The summed E-state index contributed by atoms with van der Waals surface area (Å²) in [6.45, 7) is 4.48. The number of piperidine rings is 1. The van der Waals surface area contributed by atoms with Crippen molar-refractivity contribution >= 4 is 15.9 Å². The molecular weight excluding hydrogens is 424 g/mol. The van der Waals surface area contributed by atoms with Gasteiger partial charge >= 0.3 is 0 Å². The summed E-state index contributed by atoms with van der Waals surface area (Å²) in [4.78, 5) is 2.61. The van der Waals surface area contributed by atoms with Gasteiger partial charge in [0.2, 0.25) is 0 Å². The van der Waals surface area contributed by atoms with Crippen molar-refractivity contribution in [3.63, 3.8) is 0 Å². The Morgan fingerprint density at radius 2 is 1.79 bits per heavy atom. The van der Waals surface area contributed by atoms with Crippen LogP contribution in [0.25, 0.3) is 11.4 Å². The highest BCUT2D eigenvalue weighted by Gasteiger charge is 2.28. The molecule has 150 valence electrons. The normalized spacial score (nSPS) is 17.6. The molecule has 0 aliphatic carbocycles. The fourth-order valence-electron chi connectivity index (χ4n) is 4.79. The lowest BCUT2D eigenvalue weighted by Crippen LogP contribution is -2.35. The van der Waals surface area contributed by atoms with Crippen molar-refractivity contribution in [3.05, 3.63) is 70.0 Å². The number of rotatable bonds is 4. The molecule has 5 heteroatoms. The number of aryl methyl sites for hydroxylation is 1. The molecule has 5 rings (SSSR count). The minimum atomic E-state index is 0.526. The van der Waals surface area contributed by atoms with E-state index in [2.05, 4.69) is 84.1 Å². The second-order valence-electron chi connectivity index (χ2n) is 8.29. The van der Waals surface area contributed by atoms with Gasteiger partial charge in [0, 0.05) is 29.0 Å². The first kappa shape index (κ1) is 19.0. The highest BCUT2D eigenvalue weighted by Crippen LogP contribution is 2.34. The summed E-state index contributed by atoms with van der Waals surface area (Å²) in [6.07, 6.45) is 5.76. The molecule has 1 fully saturated rings. The molecule has 29 heavy (non-hydrogen) atoms. The number of benzene rings is 2. The van der Waals surface area contributed by atoms with Gasteiger partial charge in [-0.15, -0.1) is 10.2 Å². The number of aromatic nitrogens is 3.